The average Bonchev–Trinajstić information content (AvgIpc) is 3.16. The molecule has 0 saturated heterocycles. The zero-order valence-electron chi connectivity index (χ0n) is 15.5. The van der Waals surface area contributed by atoms with Crippen molar-refractivity contribution in [3.8, 4) is 5.75 Å². The Morgan fingerprint density at radius 1 is 1.00 bits per heavy atom. The molecule has 1 unspecified atom stereocenters. The minimum Gasteiger partial charge on any atom is -0.480 e. The summed E-state index contributed by atoms with van der Waals surface area (Å²) in [6.07, 6.45) is -0.0886. The molecule has 3 aromatic rings. The molecule has 1 heterocycles. The smallest absolute Gasteiger partial charge is 0.261 e. The van der Waals surface area contributed by atoms with Crippen LogP contribution >= 0.6 is 11.6 Å². The van der Waals surface area contributed by atoms with Gasteiger partial charge >= 0.3 is 0 Å². The molecule has 1 aliphatic heterocycles. The molecule has 0 spiro atoms. The Balaban J connectivity index is 1.35. The van der Waals surface area contributed by atoms with Crippen LogP contribution in [0.5, 0.6) is 5.75 Å². The van der Waals surface area contributed by atoms with Crippen LogP contribution in [0.4, 0.5) is 5.69 Å². The summed E-state index contributed by atoms with van der Waals surface area (Å²) in [6.45, 7) is 0.308. The summed E-state index contributed by atoms with van der Waals surface area (Å²) in [5, 5.41) is 6.35. The minimum atomic E-state index is -0.576. The van der Waals surface area contributed by atoms with Gasteiger partial charge in [-0.3, -0.25) is 9.59 Å². The quantitative estimate of drug-likeness (QED) is 0.666. The van der Waals surface area contributed by atoms with E-state index in [1.165, 1.54) is 0 Å². The molecule has 1 aliphatic rings. The highest BCUT2D eigenvalue weighted by Crippen LogP contribution is 2.31. The maximum Gasteiger partial charge on any atom is 0.261 e. The second kappa shape index (κ2) is 8.37. The van der Waals surface area contributed by atoms with Gasteiger partial charge in [-0.2, -0.15) is 0 Å². The average molecular weight is 407 g/mol. The zero-order chi connectivity index (χ0) is 20.2. The Hall–Kier alpha value is -3.31. The van der Waals surface area contributed by atoms with E-state index in [1.54, 1.807) is 30.3 Å². The molecule has 2 N–H and O–H groups in total. The number of fused-ring (bicyclic) bond motifs is 1. The predicted molar refractivity (Wildman–Crippen MR) is 112 cm³/mol. The number of carbonyl (C=O) groups excluding carboxylic acids is 2. The fraction of sp³-hybridized carbons (Fsp3) is 0.130. The van der Waals surface area contributed by atoms with E-state index in [1.807, 2.05) is 42.5 Å². The number of hydrogen-bond acceptors (Lipinski definition) is 3. The van der Waals surface area contributed by atoms with Crippen LogP contribution in [0.2, 0.25) is 5.02 Å². The first-order valence-corrected chi connectivity index (χ1v) is 9.64. The summed E-state index contributed by atoms with van der Waals surface area (Å²) in [5.74, 6) is 0.293. The monoisotopic (exact) mass is 406 g/mol. The molecule has 1 atom stereocenters. The lowest BCUT2D eigenvalue weighted by atomic mass is 10.1. The predicted octanol–water partition coefficient (Wildman–Crippen LogP) is 4.21. The molecule has 0 aromatic heterocycles. The van der Waals surface area contributed by atoms with Crippen molar-refractivity contribution in [2.75, 3.05) is 5.32 Å². The van der Waals surface area contributed by atoms with Crippen molar-refractivity contribution in [3.05, 3.63) is 94.5 Å². The Morgan fingerprint density at radius 3 is 2.66 bits per heavy atom. The summed E-state index contributed by atoms with van der Waals surface area (Å²) in [6, 6.07) is 21.8. The van der Waals surface area contributed by atoms with Gasteiger partial charge in [0, 0.05) is 29.2 Å². The van der Waals surface area contributed by atoms with Crippen molar-refractivity contribution in [3.63, 3.8) is 0 Å². The van der Waals surface area contributed by atoms with E-state index in [0.717, 1.165) is 16.8 Å². The number of carbonyl (C=O) groups is 2. The molecule has 5 nitrogen and oxygen atoms in total. The number of hydrogen-bond donors (Lipinski definition) is 2. The second-order valence-corrected chi connectivity index (χ2v) is 7.24. The standard InChI is InChI=1S/C23H19ClN2O3/c24-18-9-10-20-17(12-18)13-21(29-20)23(28)25-14-15-5-4-6-16(11-15)22(27)26-19-7-2-1-3-8-19/h1-12,21H,13-14H2,(H,25,28)(H,26,27). The number of para-hydroxylation sites is 1. The van der Waals surface area contributed by atoms with Crippen LogP contribution in [0, 0.1) is 0 Å². The SMILES string of the molecule is O=C(Nc1ccccc1)c1cccc(CNC(=O)C2Cc3cc(Cl)ccc3O2)c1. The van der Waals surface area contributed by atoms with Gasteiger partial charge in [-0.25, -0.2) is 0 Å². The van der Waals surface area contributed by atoms with Crippen molar-refractivity contribution >= 4 is 29.1 Å². The lowest BCUT2D eigenvalue weighted by molar-refractivity contribution is -0.127. The third-order valence-electron chi connectivity index (χ3n) is 4.68. The maximum absolute atomic E-state index is 12.5. The lowest BCUT2D eigenvalue weighted by Gasteiger charge is -2.12. The molecule has 0 radical (unpaired) electrons. The van der Waals surface area contributed by atoms with Gasteiger partial charge in [0.25, 0.3) is 11.8 Å². The van der Waals surface area contributed by atoms with Gasteiger partial charge in [-0.15, -0.1) is 0 Å². The molecule has 0 fully saturated rings. The molecular formula is C23H19ClN2O3. The summed E-state index contributed by atoms with van der Waals surface area (Å²) >= 11 is 5.99. The largest absolute Gasteiger partial charge is 0.480 e. The minimum absolute atomic E-state index is 0.198. The first-order chi connectivity index (χ1) is 14.1. The summed E-state index contributed by atoms with van der Waals surface area (Å²) in [7, 11) is 0. The number of anilines is 1. The van der Waals surface area contributed by atoms with Crippen LogP contribution in [0.15, 0.2) is 72.8 Å². The number of ether oxygens (including phenoxy) is 1. The van der Waals surface area contributed by atoms with Gasteiger partial charge < -0.3 is 15.4 Å². The highest BCUT2D eigenvalue weighted by molar-refractivity contribution is 6.30. The molecule has 0 saturated carbocycles. The third kappa shape index (κ3) is 4.58. The summed E-state index contributed by atoms with van der Waals surface area (Å²) in [4.78, 5) is 24.9. The topological polar surface area (TPSA) is 67.4 Å². The van der Waals surface area contributed by atoms with E-state index < -0.39 is 6.10 Å². The molecule has 0 bridgehead atoms. The molecular weight excluding hydrogens is 388 g/mol. The van der Waals surface area contributed by atoms with E-state index in [9.17, 15) is 9.59 Å². The van der Waals surface area contributed by atoms with Gasteiger partial charge in [0.2, 0.25) is 0 Å². The van der Waals surface area contributed by atoms with Gasteiger partial charge in [-0.05, 0) is 53.6 Å². The number of benzene rings is 3. The van der Waals surface area contributed by atoms with Crippen molar-refractivity contribution in [1.29, 1.82) is 0 Å². The Kier molecular flexibility index (Phi) is 5.49. The summed E-state index contributed by atoms with van der Waals surface area (Å²) < 4.78 is 5.71. The molecule has 0 aliphatic carbocycles. The van der Waals surface area contributed by atoms with Crippen molar-refractivity contribution in [2.45, 2.75) is 19.1 Å². The van der Waals surface area contributed by atoms with E-state index in [-0.39, 0.29) is 11.8 Å². The fourth-order valence-corrected chi connectivity index (χ4v) is 3.41. The zero-order valence-corrected chi connectivity index (χ0v) is 16.3. The van der Waals surface area contributed by atoms with E-state index >= 15 is 0 Å². The van der Waals surface area contributed by atoms with Crippen molar-refractivity contribution in [2.24, 2.45) is 0 Å². The van der Waals surface area contributed by atoms with Crippen LogP contribution in [0.3, 0.4) is 0 Å². The Labute approximate surface area is 173 Å². The lowest BCUT2D eigenvalue weighted by Crippen LogP contribution is -2.37. The van der Waals surface area contributed by atoms with Gasteiger partial charge in [-0.1, -0.05) is 41.9 Å². The molecule has 4 rings (SSSR count). The highest BCUT2D eigenvalue weighted by Gasteiger charge is 2.29. The number of rotatable bonds is 5. The molecule has 3 aromatic carbocycles. The molecule has 29 heavy (non-hydrogen) atoms. The van der Waals surface area contributed by atoms with Crippen LogP contribution < -0.4 is 15.4 Å². The molecule has 6 heteroatoms. The Bertz CT molecular complexity index is 1050. The van der Waals surface area contributed by atoms with Crippen LogP contribution in [0.1, 0.15) is 21.5 Å². The first-order valence-electron chi connectivity index (χ1n) is 9.26. The van der Waals surface area contributed by atoms with E-state index in [4.69, 9.17) is 16.3 Å². The van der Waals surface area contributed by atoms with Crippen LogP contribution in [-0.2, 0) is 17.8 Å². The highest BCUT2D eigenvalue weighted by atomic mass is 35.5. The molecule has 146 valence electrons. The Morgan fingerprint density at radius 2 is 1.83 bits per heavy atom. The maximum atomic E-state index is 12.5. The van der Waals surface area contributed by atoms with Crippen LogP contribution in [0.25, 0.3) is 0 Å². The van der Waals surface area contributed by atoms with E-state index in [2.05, 4.69) is 10.6 Å². The van der Waals surface area contributed by atoms with E-state index in [0.29, 0.717) is 29.3 Å². The first kappa shape index (κ1) is 19.0. The number of amides is 2. The van der Waals surface area contributed by atoms with Gasteiger partial charge in [0.1, 0.15) is 5.75 Å². The van der Waals surface area contributed by atoms with Crippen LogP contribution in [-0.4, -0.2) is 17.9 Å². The normalized spacial score (nSPS) is 14.6. The summed E-state index contributed by atoms with van der Waals surface area (Å²) in [5.41, 5.74) is 3.02. The fourth-order valence-electron chi connectivity index (χ4n) is 3.21. The molecule has 2 amide bonds. The van der Waals surface area contributed by atoms with Gasteiger partial charge in [0.15, 0.2) is 6.10 Å². The van der Waals surface area contributed by atoms with Crippen molar-refractivity contribution in [1.82, 2.24) is 5.32 Å². The van der Waals surface area contributed by atoms with Gasteiger partial charge in [0.05, 0.1) is 0 Å². The number of halogens is 1. The third-order valence-corrected chi connectivity index (χ3v) is 4.91. The van der Waals surface area contributed by atoms with Crippen molar-refractivity contribution < 1.29 is 14.3 Å². The second-order valence-electron chi connectivity index (χ2n) is 6.80. The number of nitrogens with one attached hydrogen (secondary N) is 2.